The van der Waals surface area contributed by atoms with Gasteiger partial charge in [-0.15, -0.1) is 0 Å². The number of halogens is 1. The lowest BCUT2D eigenvalue weighted by Crippen LogP contribution is -1.85. The minimum atomic E-state index is -0.406. The molecular weight excluding hydrogens is 167 g/mol. The molecule has 0 N–H and O–H groups in total. The average molecular weight is 172 g/mol. The fourth-order valence-corrected chi connectivity index (χ4v) is 1.24. The molecule has 0 spiro atoms. The molecule has 0 bridgehead atoms. The van der Waals surface area contributed by atoms with Gasteiger partial charge in [-0.3, -0.25) is 4.98 Å². The first kappa shape index (κ1) is 7.69. The van der Waals surface area contributed by atoms with Crippen LogP contribution < -0.4 is 0 Å². The van der Waals surface area contributed by atoms with Gasteiger partial charge in [-0.1, -0.05) is 6.07 Å². The summed E-state index contributed by atoms with van der Waals surface area (Å²) in [4.78, 5) is 4.00. The summed E-state index contributed by atoms with van der Waals surface area (Å²) in [5.74, 6) is -0.406. The first-order valence-corrected chi connectivity index (χ1v) is 3.75. The highest BCUT2D eigenvalue weighted by Crippen LogP contribution is 2.16. The maximum absolute atomic E-state index is 12.9. The summed E-state index contributed by atoms with van der Waals surface area (Å²) < 4.78 is 12.9. The summed E-state index contributed by atoms with van der Waals surface area (Å²) in [6, 6.07) is 7.90. The van der Waals surface area contributed by atoms with E-state index < -0.39 is 5.82 Å². The van der Waals surface area contributed by atoms with Crippen molar-refractivity contribution in [2.45, 2.75) is 0 Å². The predicted octanol–water partition coefficient (Wildman–Crippen LogP) is 2.25. The van der Waals surface area contributed by atoms with E-state index in [0.717, 1.165) is 0 Å². The summed E-state index contributed by atoms with van der Waals surface area (Å²) in [6.07, 6.45) is 1.58. The van der Waals surface area contributed by atoms with Gasteiger partial charge in [-0.05, 0) is 18.2 Å². The van der Waals surface area contributed by atoms with Gasteiger partial charge >= 0.3 is 0 Å². The molecule has 1 heterocycles. The van der Waals surface area contributed by atoms with E-state index >= 15 is 0 Å². The first-order valence-electron chi connectivity index (χ1n) is 3.75. The third-order valence-electron chi connectivity index (χ3n) is 1.79. The van der Waals surface area contributed by atoms with E-state index in [2.05, 4.69) is 4.98 Å². The van der Waals surface area contributed by atoms with Crippen molar-refractivity contribution in [2.24, 2.45) is 0 Å². The van der Waals surface area contributed by atoms with Crippen molar-refractivity contribution in [1.29, 1.82) is 5.26 Å². The minimum absolute atomic E-state index is 0.274. The van der Waals surface area contributed by atoms with E-state index in [-0.39, 0.29) is 5.56 Å². The van der Waals surface area contributed by atoms with Crippen LogP contribution in [0.5, 0.6) is 0 Å². The summed E-state index contributed by atoms with van der Waals surface area (Å²) in [7, 11) is 0. The molecule has 0 amide bonds. The lowest BCUT2D eigenvalue weighted by Gasteiger charge is -1.97. The van der Waals surface area contributed by atoms with Crippen molar-refractivity contribution in [3.8, 4) is 6.07 Å². The molecule has 0 atom stereocenters. The van der Waals surface area contributed by atoms with Crippen LogP contribution in [0, 0.1) is 17.1 Å². The third kappa shape index (κ3) is 1.23. The Hall–Kier alpha value is -1.95. The highest BCUT2D eigenvalue weighted by atomic mass is 19.1. The Kier molecular flexibility index (Phi) is 1.67. The quantitative estimate of drug-likeness (QED) is 0.611. The minimum Gasteiger partial charge on any atom is -0.255 e. The number of nitrogens with zero attached hydrogens (tertiary/aromatic N) is 2. The molecular formula is C10H5FN2. The van der Waals surface area contributed by atoms with Gasteiger partial charge in [-0.2, -0.15) is 5.26 Å². The number of nitriles is 1. The van der Waals surface area contributed by atoms with Crippen LogP contribution in [0.2, 0.25) is 0 Å². The van der Waals surface area contributed by atoms with Crippen LogP contribution in [-0.2, 0) is 0 Å². The standard InChI is InChI=1S/C10H5FN2/c11-9-4-7-2-1-3-13-10(7)8(5-9)6-12/h1-5H. The van der Waals surface area contributed by atoms with Gasteiger partial charge in [0.25, 0.3) is 0 Å². The molecule has 62 valence electrons. The van der Waals surface area contributed by atoms with Gasteiger partial charge in [0.15, 0.2) is 0 Å². The second kappa shape index (κ2) is 2.83. The fourth-order valence-electron chi connectivity index (χ4n) is 1.24. The second-order valence-electron chi connectivity index (χ2n) is 2.64. The highest BCUT2D eigenvalue weighted by molar-refractivity contribution is 5.83. The maximum atomic E-state index is 12.9. The maximum Gasteiger partial charge on any atom is 0.125 e. The van der Waals surface area contributed by atoms with E-state index in [0.29, 0.717) is 10.9 Å². The lowest BCUT2D eigenvalue weighted by atomic mass is 10.1. The Morgan fingerprint density at radius 3 is 3.00 bits per heavy atom. The zero-order chi connectivity index (χ0) is 9.26. The molecule has 0 radical (unpaired) electrons. The molecule has 0 aliphatic rings. The summed E-state index contributed by atoms with van der Waals surface area (Å²) in [6.45, 7) is 0. The molecule has 0 saturated carbocycles. The van der Waals surface area contributed by atoms with Gasteiger partial charge in [0.05, 0.1) is 11.1 Å². The van der Waals surface area contributed by atoms with Crippen molar-refractivity contribution in [3.05, 3.63) is 41.8 Å². The van der Waals surface area contributed by atoms with Gasteiger partial charge in [0.2, 0.25) is 0 Å². The molecule has 2 rings (SSSR count). The van der Waals surface area contributed by atoms with E-state index in [4.69, 9.17) is 5.26 Å². The van der Waals surface area contributed by atoms with Crippen LogP contribution in [0.15, 0.2) is 30.5 Å². The number of benzene rings is 1. The third-order valence-corrected chi connectivity index (χ3v) is 1.79. The smallest absolute Gasteiger partial charge is 0.125 e. The van der Waals surface area contributed by atoms with Crippen molar-refractivity contribution >= 4 is 10.9 Å². The van der Waals surface area contributed by atoms with Gasteiger partial charge in [0.1, 0.15) is 11.9 Å². The van der Waals surface area contributed by atoms with Gasteiger partial charge < -0.3 is 0 Å². The Morgan fingerprint density at radius 2 is 2.23 bits per heavy atom. The molecule has 2 aromatic rings. The van der Waals surface area contributed by atoms with Crippen LogP contribution in [0.1, 0.15) is 5.56 Å². The lowest BCUT2D eigenvalue weighted by molar-refractivity contribution is 0.629. The van der Waals surface area contributed by atoms with Gasteiger partial charge in [0, 0.05) is 11.6 Å². The zero-order valence-electron chi connectivity index (χ0n) is 6.66. The number of fused-ring (bicyclic) bond motifs is 1. The molecule has 1 aromatic heterocycles. The Morgan fingerprint density at radius 1 is 1.38 bits per heavy atom. The molecule has 0 saturated heterocycles. The first-order chi connectivity index (χ1) is 6.31. The number of pyridine rings is 1. The molecule has 0 aliphatic carbocycles. The van der Waals surface area contributed by atoms with Crippen LogP contribution in [0.4, 0.5) is 4.39 Å². The molecule has 3 heteroatoms. The largest absolute Gasteiger partial charge is 0.255 e. The van der Waals surface area contributed by atoms with Crippen molar-refractivity contribution < 1.29 is 4.39 Å². The number of aromatic nitrogens is 1. The van der Waals surface area contributed by atoms with E-state index in [1.54, 1.807) is 18.3 Å². The molecule has 2 nitrogen and oxygen atoms in total. The number of hydrogen-bond donors (Lipinski definition) is 0. The van der Waals surface area contributed by atoms with Crippen LogP contribution in [0.3, 0.4) is 0 Å². The topological polar surface area (TPSA) is 36.7 Å². The van der Waals surface area contributed by atoms with Crippen LogP contribution in [-0.4, -0.2) is 4.98 Å². The van der Waals surface area contributed by atoms with E-state index in [1.807, 2.05) is 6.07 Å². The predicted molar refractivity (Wildman–Crippen MR) is 46.4 cm³/mol. The van der Waals surface area contributed by atoms with Crippen molar-refractivity contribution in [3.63, 3.8) is 0 Å². The van der Waals surface area contributed by atoms with E-state index in [9.17, 15) is 4.39 Å². The molecule has 0 fully saturated rings. The normalized spacial score (nSPS) is 9.85. The highest BCUT2D eigenvalue weighted by Gasteiger charge is 2.03. The monoisotopic (exact) mass is 172 g/mol. The number of rotatable bonds is 0. The summed E-state index contributed by atoms with van der Waals surface area (Å²) >= 11 is 0. The summed E-state index contributed by atoms with van der Waals surface area (Å²) in [5, 5.41) is 9.36. The Bertz CT molecular complexity index is 500. The molecule has 0 unspecified atom stereocenters. The summed E-state index contributed by atoms with van der Waals surface area (Å²) in [5.41, 5.74) is 0.821. The van der Waals surface area contributed by atoms with Crippen molar-refractivity contribution in [1.82, 2.24) is 4.98 Å². The molecule has 13 heavy (non-hydrogen) atoms. The van der Waals surface area contributed by atoms with Crippen LogP contribution >= 0.6 is 0 Å². The Labute approximate surface area is 74.3 Å². The SMILES string of the molecule is N#Cc1cc(F)cc2cccnc12. The average Bonchev–Trinajstić information content (AvgIpc) is 2.16. The van der Waals surface area contributed by atoms with E-state index in [1.165, 1.54) is 12.1 Å². The van der Waals surface area contributed by atoms with Crippen LogP contribution in [0.25, 0.3) is 10.9 Å². The fraction of sp³-hybridized carbons (Fsp3) is 0. The zero-order valence-corrected chi connectivity index (χ0v) is 6.66. The van der Waals surface area contributed by atoms with Crippen molar-refractivity contribution in [2.75, 3.05) is 0 Å². The molecule has 1 aromatic carbocycles. The molecule has 0 aliphatic heterocycles. The number of hydrogen-bond acceptors (Lipinski definition) is 2. The Balaban J connectivity index is 2.91. The van der Waals surface area contributed by atoms with Gasteiger partial charge in [-0.25, -0.2) is 4.39 Å². The second-order valence-corrected chi connectivity index (χ2v) is 2.64.